The number of amides is 2. The molecule has 1 aliphatic heterocycles. The molecule has 2 rings (SSSR count). The summed E-state index contributed by atoms with van der Waals surface area (Å²) in [5, 5.41) is 9.10. The first kappa shape index (κ1) is 16.2. The Morgan fingerprint density at radius 2 is 2.05 bits per heavy atom. The molecule has 7 heteroatoms. The number of halogens is 1. The van der Waals surface area contributed by atoms with Gasteiger partial charge in [-0.3, -0.25) is 4.90 Å². The lowest BCUT2D eigenvalue weighted by Crippen LogP contribution is -2.49. The molecule has 0 aromatic heterocycles. The summed E-state index contributed by atoms with van der Waals surface area (Å²) >= 11 is 4.86. The molecular weight excluding hydrogens is 356 g/mol. The number of hydrogen-bond donors (Lipinski definition) is 1. The Kier molecular flexibility index (Phi) is 5.16. The van der Waals surface area contributed by atoms with Gasteiger partial charge in [0.1, 0.15) is 6.04 Å². The Balaban J connectivity index is 2.07. The second-order valence-electron chi connectivity index (χ2n) is 4.96. The predicted molar refractivity (Wildman–Crippen MR) is 86.2 cm³/mol. The lowest BCUT2D eigenvalue weighted by atomic mass is 10.2. The summed E-state index contributed by atoms with van der Waals surface area (Å²) < 4.78 is 0.982. The maximum atomic E-state index is 12.5. The van der Waals surface area contributed by atoms with Gasteiger partial charge in [0.15, 0.2) is 0 Å². The molecule has 2 unspecified atom stereocenters. The van der Waals surface area contributed by atoms with Crippen LogP contribution >= 0.6 is 27.7 Å². The Morgan fingerprint density at radius 3 is 2.62 bits per heavy atom. The van der Waals surface area contributed by atoms with E-state index in [0.717, 1.165) is 10.0 Å². The third kappa shape index (κ3) is 3.71. The molecule has 0 bridgehead atoms. The number of benzene rings is 1. The maximum absolute atomic E-state index is 12.5. The van der Waals surface area contributed by atoms with Crippen LogP contribution in [0.4, 0.5) is 4.79 Å². The minimum atomic E-state index is -0.947. The van der Waals surface area contributed by atoms with Crippen molar-refractivity contribution in [1.82, 2.24) is 9.80 Å². The van der Waals surface area contributed by atoms with Crippen molar-refractivity contribution in [1.29, 1.82) is 0 Å². The fourth-order valence-corrected chi connectivity index (χ4v) is 3.68. The highest BCUT2D eigenvalue weighted by Crippen LogP contribution is 2.30. The zero-order valence-electron chi connectivity index (χ0n) is 11.8. The first-order chi connectivity index (χ1) is 9.90. The molecular formula is C14H17BrN2O3S. The summed E-state index contributed by atoms with van der Waals surface area (Å²) in [5.74, 6) is -0.508. The quantitative estimate of drug-likeness (QED) is 0.885. The van der Waals surface area contributed by atoms with Gasteiger partial charge in [0.25, 0.3) is 0 Å². The van der Waals surface area contributed by atoms with Crippen LogP contribution in [0, 0.1) is 0 Å². The van der Waals surface area contributed by atoms with Gasteiger partial charge in [0.2, 0.25) is 0 Å². The van der Waals surface area contributed by atoms with Crippen molar-refractivity contribution < 1.29 is 14.7 Å². The summed E-state index contributed by atoms with van der Waals surface area (Å²) in [6.07, 6.45) is 0. The first-order valence-corrected chi connectivity index (χ1v) is 8.36. The highest BCUT2D eigenvalue weighted by Gasteiger charge is 2.40. The lowest BCUT2D eigenvalue weighted by molar-refractivity contribution is -0.141. The highest BCUT2D eigenvalue weighted by molar-refractivity contribution is 9.10. The SMILES string of the molecule is CC1SCC(C(=O)O)N1C(=O)N(C)Cc1ccc(Br)cc1. The number of carbonyl (C=O) groups excluding carboxylic acids is 1. The lowest BCUT2D eigenvalue weighted by Gasteiger charge is -2.30. The Hall–Kier alpha value is -1.21. The molecule has 1 heterocycles. The average molecular weight is 373 g/mol. The summed E-state index contributed by atoms with van der Waals surface area (Å²) in [4.78, 5) is 26.8. The fraction of sp³-hybridized carbons (Fsp3) is 0.429. The Labute approximate surface area is 136 Å². The van der Waals surface area contributed by atoms with Gasteiger partial charge in [-0.15, -0.1) is 11.8 Å². The number of aliphatic carboxylic acids is 1. The van der Waals surface area contributed by atoms with Gasteiger partial charge in [-0.25, -0.2) is 9.59 Å². The summed E-state index contributed by atoms with van der Waals surface area (Å²) in [6.45, 7) is 2.31. The normalized spacial score (nSPS) is 21.4. The largest absolute Gasteiger partial charge is 0.480 e. The zero-order valence-corrected chi connectivity index (χ0v) is 14.2. The van der Waals surface area contributed by atoms with E-state index in [-0.39, 0.29) is 11.4 Å². The number of rotatable bonds is 3. The van der Waals surface area contributed by atoms with Gasteiger partial charge in [-0.2, -0.15) is 0 Å². The van der Waals surface area contributed by atoms with Crippen molar-refractivity contribution in [3.05, 3.63) is 34.3 Å². The van der Waals surface area contributed by atoms with Gasteiger partial charge in [-0.1, -0.05) is 28.1 Å². The van der Waals surface area contributed by atoms with Gasteiger partial charge < -0.3 is 10.0 Å². The number of carbonyl (C=O) groups is 2. The summed E-state index contributed by atoms with van der Waals surface area (Å²) in [5.41, 5.74) is 1.00. The van der Waals surface area contributed by atoms with E-state index < -0.39 is 12.0 Å². The van der Waals surface area contributed by atoms with Gasteiger partial charge in [-0.05, 0) is 24.6 Å². The van der Waals surface area contributed by atoms with Crippen LogP contribution in [0.15, 0.2) is 28.7 Å². The van der Waals surface area contributed by atoms with Crippen molar-refractivity contribution in [3.63, 3.8) is 0 Å². The zero-order chi connectivity index (χ0) is 15.6. The van der Waals surface area contributed by atoms with E-state index in [0.29, 0.717) is 12.3 Å². The molecule has 1 aromatic carbocycles. The molecule has 0 saturated carbocycles. The molecule has 0 spiro atoms. The molecule has 2 atom stereocenters. The molecule has 2 amide bonds. The average Bonchev–Trinajstić information content (AvgIpc) is 2.82. The van der Waals surface area contributed by atoms with Crippen molar-refractivity contribution >= 4 is 39.7 Å². The second-order valence-corrected chi connectivity index (χ2v) is 7.22. The summed E-state index contributed by atoms with van der Waals surface area (Å²) in [6, 6.07) is 6.71. The van der Waals surface area contributed by atoms with Gasteiger partial charge >= 0.3 is 12.0 Å². The third-order valence-electron chi connectivity index (χ3n) is 3.39. The number of nitrogens with zero attached hydrogens (tertiary/aromatic N) is 2. The smallest absolute Gasteiger partial charge is 0.327 e. The van der Waals surface area contributed by atoms with Crippen LogP contribution in [0.3, 0.4) is 0 Å². The van der Waals surface area contributed by atoms with Crippen LogP contribution < -0.4 is 0 Å². The minimum absolute atomic E-state index is 0.119. The van der Waals surface area contributed by atoms with Crippen LogP contribution in [-0.4, -0.2) is 51.1 Å². The number of thioether (sulfide) groups is 1. The van der Waals surface area contributed by atoms with E-state index in [1.807, 2.05) is 31.2 Å². The number of carboxylic acid groups (broad SMARTS) is 1. The fourth-order valence-electron chi connectivity index (χ4n) is 2.25. The number of hydrogen-bond acceptors (Lipinski definition) is 3. The van der Waals surface area contributed by atoms with Crippen molar-refractivity contribution in [2.75, 3.05) is 12.8 Å². The molecule has 5 nitrogen and oxygen atoms in total. The minimum Gasteiger partial charge on any atom is -0.480 e. The van der Waals surface area contributed by atoms with E-state index in [9.17, 15) is 14.7 Å². The van der Waals surface area contributed by atoms with Crippen LogP contribution in [-0.2, 0) is 11.3 Å². The molecule has 114 valence electrons. The highest BCUT2D eigenvalue weighted by atomic mass is 79.9. The van der Waals surface area contributed by atoms with Gasteiger partial charge in [0, 0.05) is 23.8 Å². The molecule has 0 aliphatic carbocycles. The standard InChI is InChI=1S/C14H17BrN2O3S/c1-9-17(12(8-21-9)13(18)19)14(20)16(2)7-10-3-5-11(15)6-4-10/h3-6,9,12H,7-8H2,1-2H3,(H,18,19). The maximum Gasteiger partial charge on any atom is 0.327 e. The van der Waals surface area contributed by atoms with E-state index in [1.54, 1.807) is 11.9 Å². The molecule has 1 N–H and O–H groups in total. The number of carboxylic acids is 1. The van der Waals surface area contributed by atoms with Gasteiger partial charge in [0.05, 0.1) is 5.37 Å². The first-order valence-electron chi connectivity index (χ1n) is 6.52. The van der Waals surface area contributed by atoms with Crippen LogP contribution in [0.1, 0.15) is 12.5 Å². The number of urea groups is 1. The van der Waals surface area contributed by atoms with E-state index in [4.69, 9.17) is 0 Å². The van der Waals surface area contributed by atoms with E-state index >= 15 is 0 Å². The molecule has 1 aromatic rings. The van der Waals surface area contributed by atoms with Crippen LogP contribution in [0.5, 0.6) is 0 Å². The Bertz CT molecular complexity index is 538. The van der Waals surface area contributed by atoms with Crippen molar-refractivity contribution in [2.45, 2.75) is 24.9 Å². The van der Waals surface area contributed by atoms with E-state index in [2.05, 4.69) is 15.9 Å². The second kappa shape index (κ2) is 6.70. The molecule has 1 aliphatic rings. The van der Waals surface area contributed by atoms with Crippen molar-refractivity contribution in [3.8, 4) is 0 Å². The third-order valence-corrected chi connectivity index (χ3v) is 5.13. The topological polar surface area (TPSA) is 60.9 Å². The van der Waals surface area contributed by atoms with Crippen LogP contribution in [0.2, 0.25) is 0 Å². The molecule has 21 heavy (non-hydrogen) atoms. The molecule has 0 radical (unpaired) electrons. The van der Waals surface area contributed by atoms with E-state index in [1.165, 1.54) is 16.7 Å². The van der Waals surface area contributed by atoms with Crippen molar-refractivity contribution in [2.24, 2.45) is 0 Å². The van der Waals surface area contributed by atoms with Crippen LogP contribution in [0.25, 0.3) is 0 Å². The predicted octanol–water partition coefficient (Wildman–Crippen LogP) is 2.85. The molecule has 1 saturated heterocycles. The molecule has 1 fully saturated rings. The summed E-state index contributed by atoms with van der Waals surface area (Å²) in [7, 11) is 1.69. The monoisotopic (exact) mass is 372 g/mol. The Morgan fingerprint density at radius 1 is 1.43 bits per heavy atom.